The van der Waals surface area contributed by atoms with Crippen LogP contribution in [0.25, 0.3) is 0 Å². The van der Waals surface area contributed by atoms with Crippen molar-refractivity contribution in [3.8, 4) is 0 Å². The van der Waals surface area contributed by atoms with Crippen LogP contribution in [-0.4, -0.2) is 65.5 Å². The van der Waals surface area contributed by atoms with Crippen molar-refractivity contribution in [2.75, 3.05) is 25.5 Å². The number of amides is 1. The van der Waals surface area contributed by atoms with Crippen LogP contribution in [0.5, 0.6) is 0 Å². The molecular formula is C26H46N2O6S2. The van der Waals surface area contributed by atoms with Gasteiger partial charge >= 0.3 is 5.97 Å². The number of ether oxygens (including phenoxy) is 3. The van der Waals surface area contributed by atoms with Gasteiger partial charge < -0.3 is 24.6 Å². The molecule has 1 amide bonds. The minimum Gasteiger partial charge on any atom is -0.460 e. The number of aliphatic hydroxyl groups is 1. The van der Waals surface area contributed by atoms with E-state index in [1.165, 1.54) is 0 Å². The number of nitrogens with one attached hydrogen (secondary N) is 1. The van der Waals surface area contributed by atoms with E-state index in [0.717, 1.165) is 10.8 Å². The number of esters is 1. The Morgan fingerprint density at radius 1 is 1.11 bits per heavy atom. The highest BCUT2D eigenvalue weighted by Gasteiger charge is 2.30. The molecule has 0 bridgehead atoms. The lowest BCUT2D eigenvalue weighted by Gasteiger charge is -2.35. The van der Waals surface area contributed by atoms with Gasteiger partial charge in [0.1, 0.15) is 11.6 Å². The minimum atomic E-state index is -0.801. The monoisotopic (exact) mass is 546 g/mol. The van der Waals surface area contributed by atoms with Gasteiger partial charge in [0.25, 0.3) is 0 Å². The molecule has 1 aromatic rings. The van der Waals surface area contributed by atoms with Gasteiger partial charge in [-0.2, -0.15) is 0 Å². The van der Waals surface area contributed by atoms with E-state index in [1.54, 1.807) is 27.8 Å². The maximum Gasteiger partial charge on any atom is 0.305 e. The molecule has 2 unspecified atom stereocenters. The molecule has 0 aliphatic rings. The maximum absolute atomic E-state index is 12.2. The third-order valence-corrected chi connectivity index (χ3v) is 6.65. The highest BCUT2D eigenvalue weighted by Crippen LogP contribution is 2.28. The summed E-state index contributed by atoms with van der Waals surface area (Å²) in [5.41, 5.74) is -0.817. The first-order chi connectivity index (χ1) is 16.9. The van der Waals surface area contributed by atoms with Crippen LogP contribution in [-0.2, 0) is 23.8 Å². The molecule has 1 aromatic heterocycles. The van der Waals surface area contributed by atoms with Crippen LogP contribution in [0.3, 0.4) is 0 Å². The molecule has 0 aliphatic heterocycles. The second-order valence-corrected chi connectivity index (χ2v) is 12.2. The summed E-state index contributed by atoms with van der Waals surface area (Å²) in [4.78, 5) is 28.4. The second kappa shape index (κ2) is 18.8. The summed E-state index contributed by atoms with van der Waals surface area (Å²) in [6, 6.07) is 5.75. The van der Waals surface area contributed by atoms with Crippen molar-refractivity contribution in [1.82, 2.24) is 10.3 Å². The molecule has 0 radical (unpaired) electrons. The fourth-order valence-electron chi connectivity index (χ4n) is 2.65. The fourth-order valence-corrected chi connectivity index (χ4v) is 4.43. The largest absolute Gasteiger partial charge is 0.460 e. The average molecular weight is 547 g/mol. The van der Waals surface area contributed by atoms with Crippen LogP contribution in [0.4, 0.5) is 0 Å². The molecule has 2 atom stereocenters. The molecule has 1 rings (SSSR count). The molecule has 0 aromatic carbocycles. The predicted octanol–water partition coefficient (Wildman–Crippen LogP) is 5.24. The lowest BCUT2D eigenvalue weighted by molar-refractivity contribution is -0.251. The van der Waals surface area contributed by atoms with Crippen LogP contribution in [0.1, 0.15) is 74.7 Å². The summed E-state index contributed by atoms with van der Waals surface area (Å²) in [5.74, 6) is 0.245. The van der Waals surface area contributed by atoms with E-state index < -0.39 is 24.0 Å². The summed E-state index contributed by atoms with van der Waals surface area (Å²) in [6.07, 6.45) is 1.25. The molecule has 2 N–H and O–H groups in total. The Morgan fingerprint density at radius 2 is 1.81 bits per heavy atom. The van der Waals surface area contributed by atoms with Gasteiger partial charge in [-0.25, -0.2) is 4.98 Å². The Labute approximate surface area is 225 Å². The van der Waals surface area contributed by atoms with Gasteiger partial charge in [-0.3, -0.25) is 9.59 Å². The summed E-state index contributed by atoms with van der Waals surface area (Å²) in [6.45, 7) is 15.8. The van der Waals surface area contributed by atoms with Crippen molar-refractivity contribution in [3.05, 3.63) is 24.4 Å². The number of hydrogen-bond acceptors (Lipinski definition) is 9. The molecule has 10 heteroatoms. The molecule has 36 heavy (non-hydrogen) atoms. The first-order valence-corrected chi connectivity index (χ1v) is 14.8. The first kappa shape index (κ1) is 34.7. The van der Waals surface area contributed by atoms with Crippen LogP contribution in [0.15, 0.2) is 29.4 Å². The zero-order valence-corrected chi connectivity index (χ0v) is 24.8. The molecule has 0 spiro atoms. The van der Waals surface area contributed by atoms with E-state index in [4.69, 9.17) is 14.2 Å². The van der Waals surface area contributed by atoms with E-state index in [0.29, 0.717) is 13.0 Å². The summed E-state index contributed by atoms with van der Waals surface area (Å²) < 4.78 is 17.1. The van der Waals surface area contributed by atoms with E-state index in [2.05, 4.69) is 10.3 Å². The fraction of sp³-hybridized carbons (Fsp3) is 0.731. The Kier molecular flexibility index (Phi) is 18.1. The van der Waals surface area contributed by atoms with E-state index in [1.807, 2.05) is 73.6 Å². The van der Waals surface area contributed by atoms with Crippen molar-refractivity contribution >= 4 is 33.5 Å². The van der Waals surface area contributed by atoms with Crippen molar-refractivity contribution in [3.63, 3.8) is 0 Å². The van der Waals surface area contributed by atoms with Crippen molar-refractivity contribution in [2.24, 2.45) is 5.41 Å². The van der Waals surface area contributed by atoms with Crippen LogP contribution in [0, 0.1) is 5.41 Å². The lowest BCUT2D eigenvalue weighted by Crippen LogP contribution is -2.42. The normalized spacial score (nSPS) is 13.2. The zero-order chi connectivity index (χ0) is 27.6. The SMILES string of the molecule is CC.CC(C)(C)OC(COC(=O)CCCC(=O)NCCSSc1ccccn1)OC(CO)C(C)(C)C. The quantitative estimate of drug-likeness (QED) is 0.132. The smallest absolute Gasteiger partial charge is 0.305 e. The summed E-state index contributed by atoms with van der Waals surface area (Å²) in [5, 5.41) is 13.5. The molecule has 1 heterocycles. The molecule has 8 nitrogen and oxygen atoms in total. The van der Waals surface area contributed by atoms with Gasteiger partial charge in [0.05, 0.1) is 18.3 Å². The van der Waals surface area contributed by atoms with Gasteiger partial charge in [-0.15, -0.1) is 0 Å². The number of aliphatic hydroxyl groups excluding tert-OH is 1. The van der Waals surface area contributed by atoms with Gasteiger partial charge in [0.2, 0.25) is 5.91 Å². The number of aromatic nitrogens is 1. The van der Waals surface area contributed by atoms with Gasteiger partial charge in [-0.05, 0) is 55.5 Å². The lowest BCUT2D eigenvalue weighted by atomic mass is 9.89. The van der Waals surface area contributed by atoms with Crippen molar-refractivity contribution in [2.45, 2.75) is 97.7 Å². The number of nitrogens with zero attached hydrogens (tertiary/aromatic N) is 1. The van der Waals surface area contributed by atoms with E-state index in [-0.39, 0.29) is 37.4 Å². The first-order valence-electron chi connectivity index (χ1n) is 12.5. The highest BCUT2D eigenvalue weighted by molar-refractivity contribution is 8.76. The number of pyridine rings is 1. The predicted molar refractivity (Wildman–Crippen MR) is 148 cm³/mol. The number of carbonyl (C=O) groups is 2. The third kappa shape index (κ3) is 18.0. The van der Waals surface area contributed by atoms with Crippen molar-refractivity contribution < 1.29 is 28.9 Å². The number of carbonyl (C=O) groups excluding carboxylic acids is 2. The number of rotatable bonds is 15. The molecule has 0 aliphatic carbocycles. The molecular weight excluding hydrogens is 500 g/mol. The second-order valence-electron chi connectivity index (χ2n) is 9.79. The molecule has 0 saturated carbocycles. The van der Waals surface area contributed by atoms with Crippen LogP contribution < -0.4 is 5.32 Å². The molecule has 0 saturated heterocycles. The number of hydrogen-bond donors (Lipinski definition) is 2. The standard InChI is InChI=1S/C24H40N2O6S2.C2H6/c1-23(2,3)18(16-27)31-22(32-24(4,5)6)17-30-21(29)12-9-10-19(28)25-14-15-33-34-20-11-7-8-13-26-20;1-2/h7-8,11,13,18,22,27H,9-10,12,14-17H2,1-6H3,(H,25,28);1-2H3. The maximum atomic E-state index is 12.2. The molecule has 208 valence electrons. The summed E-state index contributed by atoms with van der Waals surface area (Å²) >= 11 is 0. The Balaban J connectivity index is 0.00000596. The Hall–Kier alpha value is -1.33. The summed E-state index contributed by atoms with van der Waals surface area (Å²) in [7, 11) is 3.19. The zero-order valence-electron chi connectivity index (χ0n) is 23.2. The average Bonchev–Trinajstić information content (AvgIpc) is 2.81. The van der Waals surface area contributed by atoms with Gasteiger partial charge in [0, 0.05) is 31.3 Å². The van der Waals surface area contributed by atoms with Crippen LogP contribution in [0.2, 0.25) is 0 Å². The third-order valence-electron chi connectivity index (χ3n) is 4.39. The van der Waals surface area contributed by atoms with Gasteiger partial charge in [0.15, 0.2) is 6.29 Å². The van der Waals surface area contributed by atoms with E-state index >= 15 is 0 Å². The molecule has 0 fully saturated rings. The topological polar surface area (TPSA) is 107 Å². The Bertz CT molecular complexity index is 723. The van der Waals surface area contributed by atoms with Crippen molar-refractivity contribution in [1.29, 1.82) is 0 Å². The van der Waals surface area contributed by atoms with E-state index in [9.17, 15) is 14.7 Å². The highest BCUT2D eigenvalue weighted by atomic mass is 33.1. The van der Waals surface area contributed by atoms with Crippen LogP contribution >= 0.6 is 21.6 Å². The minimum absolute atomic E-state index is 0.0833. The van der Waals surface area contributed by atoms with Gasteiger partial charge in [-0.1, -0.05) is 51.5 Å². The Morgan fingerprint density at radius 3 is 2.36 bits per heavy atom.